The van der Waals surface area contributed by atoms with Gasteiger partial charge in [-0.2, -0.15) is 0 Å². The van der Waals surface area contributed by atoms with Crippen LogP contribution in [0, 0.1) is 5.82 Å². The maximum atomic E-state index is 14.3. The zero-order chi connectivity index (χ0) is 30.8. The molecule has 0 saturated heterocycles. The van der Waals surface area contributed by atoms with Crippen molar-refractivity contribution in [3.05, 3.63) is 126 Å². The Morgan fingerprint density at radius 2 is 1.44 bits per heavy atom. The van der Waals surface area contributed by atoms with Crippen LogP contribution in [0.4, 0.5) is 10.1 Å². The van der Waals surface area contributed by atoms with Crippen molar-refractivity contribution in [3.8, 4) is 5.75 Å². The third-order valence-electron chi connectivity index (χ3n) is 6.83. The quantitative estimate of drug-likeness (QED) is 0.237. The lowest BCUT2D eigenvalue weighted by atomic mass is 10.0. The van der Waals surface area contributed by atoms with E-state index in [1.54, 1.807) is 49.4 Å². The Bertz CT molecular complexity index is 1620. The largest absolute Gasteiger partial charge is 0.492 e. The van der Waals surface area contributed by atoms with Gasteiger partial charge in [-0.25, -0.2) is 12.8 Å². The van der Waals surface area contributed by atoms with Crippen LogP contribution in [0.5, 0.6) is 5.75 Å². The van der Waals surface area contributed by atoms with Crippen LogP contribution in [-0.4, -0.2) is 51.4 Å². The van der Waals surface area contributed by atoms with Crippen LogP contribution in [0.2, 0.25) is 0 Å². The Kier molecular flexibility index (Phi) is 10.5. The minimum Gasteiger partial charge on any atom is -0.492 e. The first-order valence-corrected chi connectivity index (χ1v) is 15.3. The molecule has 4 aromatic rings. The summed E-state index contributed by atoms with van der Waals surface area (Å²) in [5.74, 6) is -1.21. The second-order valence-corrected chi connectivity index (χ2v) is 11.6. The molecule has 0 spiro atoms. The number of halogens is 1. The Morgan fingerprint density at radius 3 is 2.07 bits per heavy atom. The first kappa shape index (κ1) is 31.2. The van der Waals surface area contributed by atoms with Crippen LogP contribution < -0.4 is 14.4 Å². The third kappa shape index (κ3) is 7.78. The van der Waals surface area contributed by atoms with E-state index in [9.17, 15) is 22.4 Å². The normalized spacial score (nSPS) is 11.8. The molecule has 224 valence electrons. The van der Waals surface area contributed by atoms with Gasteiger partial charge in [0.15, 0.2) is 0 Å². The fourth-order valence-electron chi connectivity index (χ4n) is 4.68. The van der Waals surface area contributed by atoms with Gasteiger partial charge < -0.3 is 15.0 Å². The third-order valence-corrected chi connectivity index (χ3v) is 8.60. The van der Waals surface area contributed by atoms with E-state index in [1.807, 2.05) is 30.3 Å². The molecule has 4 rings (SSSR count). The summed E-state index contributed by atoms with van der Waals surface area (Å²) in [6, 6.07) is 28.2. The minimum atomic E-state index is -4.26. The molecule has 0 saturated carbocycles. The molecule has 8 nitrogen and oxygen atoms in total. The molecule has 1 N–H and O–H groups in total. The fourth-order valence-corrected chi connectivity index (χ4v) is 6.13. The van der Waals surface area contributed by atoms with Crippen molar-refractivity contribution in [3.63, 3.8) is 0 Å². The number of ether oxygens (including phenoxy) is 1. The van der Waals surface area contributed by atoms with Crippen molar-refractivity contribution in [2.75, 3.05) is 24.5 Å². The number of likely N-dealkylation sites (N-methyl/N-ethyl adjacent to an activating group) is 1. The molecule has 4 aromatic carbocycles. The summed E-state index contributed by atoms with van der Waals surface area (Å²) >= 11 is 0. The number of amides is 2. The van der Waals surface area contributed by atoms with Crippen LogP contribution in [0.25, 0.3) is 0 Å². The van der Waals surface area contributed by atoms with E-state index in [-0.39, 0.29) is 35.9 Å². The van der Waals surface area contributed by atoms with Crippen LogP contribution in [0.1, 0.15) is 18.1 Å². The van der Waals surface area contributed by atoms with Crippen LogP contribution >= 0.6 is 0 Å². The molecule has 0 heterocycles. The van der Waals surface area contributed by atoms with Gasteiger partial charge in [0.05, 0.1) is 17.2 Å². The molecule has 0 aromatic heterocycles. The Hall–Kier alpha value is -4.70. The van der Waals surface area contributed by atoms with Crippen LogP contribution in [0.15, 0.2) is 114 Å². The zero-order valence-electron chi connectivity index (χ0n) is 24.0. The first-order valence-electron chi connectivity index (χ1n) is 13.8. The number of anilines is 1. The fraction of sp³-hybridized carbons (Fsp3) is 0.212. The van der Waals surface area contributed by atoms with Crippen molar-refractivity contribution in [1.82, 2.24) is 10.2 Å². The van der Waals surface area contributed by atoms with E-state index in [1.165, 1.54) is 48.3 Å². The molecule has 43 heavy (non-hydrogen) atoms. The maximum Gasteiger partial charge on any atom is 0.264 e. The Morgan fingerprint density at radius 1 is 0.837 bits per heavy atom. The number of rotatable bonds is 13. The number of carbonyl (C=O) groups excluding carboxylic acids is 2. The van der Waals surface area contributed by atoms with E-state index >= 15 is 0 Å². The number of nitrogens with one attached hydrogen (secondary N) is 1. The molecule has 0 aliphatic rings. The monoisotopic (exact) mass is 603 g/mol. The highest BCUT2D eigenvalue weighted by atomic mass is 32.2. The van der Waals surface area contributed by atoms with E-state index in [0.29, 0.717) is 5.56 Å². The van der Waals surface area contributed by atoms with E-state index < -0.39 is 40.2 Å². The lowest BCUT2D eigenvalue weighted by Gasteiger charge is -2.34. The SMILES string of the molecule is CCOc1ccccc1N(CC(=O)N(Cc1ccc(F)cc1)[C@H](Cc1ccccc1)C(=O)NC)S(=O)(=O)c1ccccc1. The van der Waals surface area contributed by atoms with Gasteiger partial charge in [-0.05, 0) is 54.4 Å². The zero-order valence-corrected chi connectivity index (χ0v) is 24.8. The van der Waals surface area contributed by atoms with Crippen molar-refractivity contribution in [2.24, 2.45) is 0 Å². The lowest BCUT2D eigenvalue weighted by molar-refractivity contribution is -0.139. The van der Waals surface area contributed by atoms with Crippen LogP contribution in [0.3, 0.4) is 0 Å². The minimum absolute atomic E-state index is 0.00803. The summed E-state index contributed by atoms with van der Waals surface area (Å²) < 4.78 is 48.6. The highest BCUT2D eigenvalue weighted by Crippen LogP contribution is 2.33. The highest BCUT2D eigenvalue weighted by molar-refractivity contribution is 7.92. The van der Waals surface area contributed by atoms with Gasteiger partial charge in [0, 0.05) is 20.0 Å². The molecule has 0 unspecified atom stereocenters. The number of benzene rings is 4. The topological polar surface area (TPSA) is 96.0 Å². The number of hydrogen-bond acceptors (Lipinski definition) is 5. The average molecular weight is 604 g/mol. The number of hydrogen-bond donors (Lipinski definition) is 1. The highest BCUT2D eigenvalue weighted by Gasteiger charge is 2.35. The summed E-state index contributed by atoms with van der Waals surface area (Å²) in [5, 5.41) is 2.64. The summed E-state index contributed by atoms with van der Waals surface area (Å²) in [7, 11) is -2.78. The molecule has 0 aliphatic carbocycles. The molecular weight excluding hydrogens is 569 g/mol. The molecule has 0 bridgehead atoms. The lowest BCUT2D eigenvalue weighted by Crippen LogP contribution is -2.53. The van der Waals surface area contributed by atoms with Gasteiger partial charge in [0.25, 0.3) is 10.0 Å². The summed E-state index contributed by atoms with van der Waals surface area (Å²) in [6.45, 7) is 1.37. The van der Waals surface area contributed by atoms with E-state index in [2.05, 4.69) is 5.32 Å². The molecule has 10 heteroatoms. The molecule has 2 amide bonds. The predicted octanol–water partition coefficient (Wildman–Crippen LogP) is 4.81. The van der Waals surface area contributed by atoms with Gasteiger partial charge in [0.2, 0.25) is 11.8 Å². The van der Waals surface area contributed by atoms with Gasteiger partial charge in [-0.15, -0.1) is 0 Å². The number of para-hydroxylation sites is 2. The van der Waals surface area contributed by atoms with Crippen molar-refractivity contribution in [2.45, 2.75) is 30.8 Å². The van der Waals surface area contributed by atoms with Gasteiger partial charge >= 0.3 is 0 Å². The second kappa shape index (κ2) is 14.5. The standard InChI is InChI=1S/C33H34FN3O5S/c1-3-42-31-17-11-10-16-29(31)37(43(40,41)28-14-8-5-9-15-28)24-32(38)36(23-26-18-20-27(34)21-19-26)30(33(39)35-2)22-25-12-6-4-7-13-25/h4-21,30H,3,22-24H2,1-2H3,(H,35,39)/t30-/m1/s1. The van der Waals surface area contributed by atoms with E-state index in [0.717, 1.165) is 9.87 Å². The number of sulfonamides is 1. The maximum absolute atomic E-state index is 14.3. The molecule has 0 radical (unpaired) electrons. The number of carbonyl (C=O) groups is 2. The molecular formula is C33H34FN3O5S. The Labute approximate surface area is 251 Å². The number of nitrogens with zero attached hydrogens (tertiary/aromatic N) is 2. The molecule has 0 fully saturated rings. The summed E-state index contributed by atoms with van der Waals surface area (Å²) in [4.78, 5) is 29.0. The van der Waals surface area contributed by atoms with Gasteiger partial charge in [0.1, 0.15) is 24.2 Å². The van der Waals surface area contributed by atoms with Crippen LogP contribution in [-0.2, 0) is 32.6 Å². The van der Waals surface area contributed by atoms with Gasteiger partial charge in [-0.3, -0.25) is 13.9 Å². The molecule has 0 aliphatic heterocycles. The summed E-state index contributed by atoms with van der Waals surface area (Å²) in [6.07, 6.45) is 0.175. The first-order chi connectivity index (χ1) is 20.7. The van der Waals surface area contributed by atoms with E-state index in [4.69, 9.17) is 4.74 Å². The van der Waals surface area contributed by atoms with Crippen molar-refractivity contribution < 1.29 is 27.1 Å². The van der Waals surface area contributed by atoms with Crippen molar-refractivity contribution in [1.29, 1.82) is 0 Å². The Balaban J connectivity index is 1.81. The smallest absolute Gasteiger partial charge is 0.264 e. The average Bonchev–Trinajstić information content (AvgIpc) is 3.03. The predicted molar refractivity (Wildman–Crippen MR) is 164 cm³/mol. The second-order valence-electron chi connectivity index (χ2n) is 9.69. The summed E-state index contributed by atoms with van der Waals surface area (Å²) in [5.41, 5.74) is 1.56. The molecule has 1 atom stereocenters. The van der Waals surface area contributed by atoms with Gasteiger partial charge in [-0.1, -0.05) is 72.8 Å². The van der Waals surface area contributed by atoms with Crippen molar-refractivity contribution >= 4 is 27.5 Å².